The van der Waals surface area contributed by atoms with Gasteiger partial charge in [-0.1, -0.05) is 44.6 Å². The van der Waals surface area contributed by atoms with E-state index in [1.165, 1.54) is 5.57 Å². The Hall–Kier alpha value is -1.94. The number of hydrogen-bond donors (Lipinski definition) is 1. The molecule has 0 spiro atoms. The predicted octanol–water partition coefficient (Wildman–Crippen LogP) is 4.74. The fraction of sp³-hybridized carbons (Fsp3) is 0.565. The summed E-state index contributed by atoms with van der Waals surface area (Å²) in [5.74, 6) is 2.86. The van der Waals surface area contributed by atoms with Crippen LogP contribution in [0.1, 0.15) is 56.2 Å². The second kappa shape index (κ2) is 7.59. The van der Waals surface area contributed by atoms with Crippen molar-refractivity contribution in [3.05, 3.63) is 34.4 Å². The van der Waals surface area contributed by atoms with Gasteiger partial charge in [0, 0.05) is 34.6 Å². The first-order valence-corrected chi connectivity index (χ1v) is 9.74. The van der Waals surface area contributed by atoms with E-state index in [2.05, 4.69) is 39.0 Å². The zero-order valence-corrected chi connectivity index (χ0v) is 17.4. The van der Waals surface area contributed by atoms with Crippen molar-refractivity contribution in [2.75, 3.05) is 27.9 Å². The molecule has 0 heterocycles. The van der Waals surface area contributed by atoms with E-state index in [1.54, 1.807) is 21.3 Å². The van der Waals surface area contributed by atoms with E-state index in [0.29, 0.717) is 0 Å². The summed E-state index contributed by atoms with van der Waals surface area (Å²) >= 11 is 0. The van der Waals surface area contributed by atoms with Crippen LogP contribution in [0.25, 0.3) is 6.08 Å². The van der Waals surface area contributed by atoms with E-state index in [0.717, 1.165) is 53.2 Å². The lowest BCUT2D eigenvalue weighted by molar-refractivity contribution is 0.0980. The molecule has 2 atom stereocenters. The van der Waals surface area contributed by atoms with Gasteiger partial charge in [0.15, 0.2) is 11.5 Å². The van der Waals surface area contributed by atoms with Crippen molar-refractivity contribution in [3.8, 4) is 17.2 Å². The fourth-order valence-corrected chi connectivity index (χ4v) is 4.71. The van der Waals surface area contributed by atoms with E-state index in [9.17, 15) is 5.11 Å². The summed E-state index contributed by atoms with van der Waals surface area (Å²) < 4.78 is 17.5. The minimum absolute atomic E-state index is 0.131. The number of rotatable bonds is 5. The molecule has 2 aliphatic rings. The van der Waals surface area contributed by atoms with Crippen molar-refractivity contribution in [2.45, 2.75) is 46.0 Å². The molecule has 0 amide bonds. The molecular formula is C23H32O4. The third kappa shape index (κ3) is 3.14. The number of ether oxygens (including phenoxy) is 3. The smallest absolute Gasteiger partial charge is 0.168 e. The van der Waals surface area contributed by atoms with Gasteiger partial charge >= 0.3 is 0 Å². The van der Waals surface area contributed by atoms with Gasteiger partial charge in [0.25, 0.3) is 0 Å². The van der Waals surface area contributed by atoms with Crippen LogP contribution in [0.4, 0.5) is 0 Å². The number of hydrogen-bond acceptors (Lipinski definition) is 4. The summed E-state index contributed by atoms with van der Waals surface area (Å²) in [4.78, 5) is 0. The molecule has 3 rings (SSSR count). The minimum atomic E-state index is -0.131. The van der Waals surface area contributed by atoms with Crippen molar-refractivity contribution in [3.63, 3.8) is 0 Å². The van der Waals surface area contributed by atoms with Crippen molar-refractivity contribution in [2.24, 2.45) is 11.3 Å². The highest BCUT2D eigenvalue weighted by Gasteiger charge is 2.39. The number of benzene rings is 1. The molecule has 0 saturated heterocycles. The topological polar surface area (TPSA) is 47.9 Å². The van der Waals surface area contributed by atoms with Gasteiger partial charge in [-0.2, -0.15) is 0 Å². The average molecular weight is 373 g/mol. The SMILES string of the molecule is COc1c2c(c(OC)c(C(C)C)c1OC)C=C[C@H]1C(=CCC[C@]1(C)CO)C2. The molecule has 4 nitrogen and oxygen atoms in total. The molecule has 4 heteroatoms. The predicted molar refractivity (Wildman–Crippen MR) is 109 cm³/mol. The van der Waals surface area contributed by atoms with E-state index < -0.39 is 0 Å². The van der Waals surface area contributed by atoms with E-state index in [4.69, 9.17) is 14.2 Å². The van der Waals surface area contributed by atoms with Gasteiger partial charge in [0.05, 0.1) is 21.3 Å². The Morgan fingerprint density at radius 2 is 1.78 bits per heavy atom. The van der Waals surface area contributed by atoms with Crippen molar-refractivity contribution < 1.29 is 19.3 Å². The lowest BCUT2D eigenvalue weighted by atomic mass is 9.67. The van der Waals surface area contributed by atoms with Crippen LogP contribution >= 0.6 is 0 Å². The second-order valence-electron chi connectivity index (χ2n) is 8.20. The number of allylic oxidation sites excluding steroid dienone is 3. The van der Waals surface area contributed by atoms with Crippen LogP contribution in [0.2, 0.25) is 0 Å². The molecule has 0 aromatic heterocycles. The monoisotopic (exact) mass is 372 g/mol. The summed E-state index contributed by atoms with van der Waals surface area (Å²) in [6.45, 7) is 6.64. The lowest BCUT2D eigenvalue weighted by Gasteiger charge is -2.39. The zero-order chi connectivity index (χ0) is 19.8. The molecule has 27 heavy (non-hydrogen) atoms. The number of methoxy groups -OCH3 is 3. The summed E-state index contributed by atoms with van der Waals surface area (Å²) in [6, 6.07) is 0. The first-order valence-electron chi connectivity index (χ1n) is 9.74. The van der Waals surface area contributed by atoms with Gasteiger partial charge in [-0.3, -0.25) is 0 Å². The Labute approximate surface area is 162 Å². The highest BCUT2D eigenvalue weighted by atomic mass is 16.5. The molecule has 1 aromatic carbocycles. The summed E-state index contributed by atoms with van der Waals surface area (Å²) in [7, 11) is 5.11. The Morgan fingerprint density at radius 1 is 1.11 bits per heavy atom. The van der Waals surface area contributed by atoms with Gasteiger partial charge < -0.3 is 19.3 Å². The maximum atomic E-state index is 10.1. The van der Waals surface area contributed by atoms with E-state index >= 15 is 0 Å². The lowest BCUT2D eigenvalue weighted by Crippen LogP contribution is -2.34. The van der Waals surface area contributed by atoms with Gasteiger partial charge in [0.2, 0.25) is 0 Å². The quantitative estimate of drug-likeness (QED) is 0.759. The van der Waals surface area contributed by atoms with Crippen LogP contribution in [0.3, 0.4) is 0 Å². The number of aliphatic hydroxyl groups excluding tert-OH is 1. The molecule has 0 saturated carbocycles. The van der Waals surface area contributed by atoms with Crippen LogP contribution in [0.5, 0.6) is 17.2 Å². The molecule has 0 radical (unpaired) electrons. The van der Waals surface area contributed by atoms with Gasteiger partial charge in [-0.15, -0.1) is 0 Å². The number of aliphatic hydroxyl groups is 1. The molecular weight excluding hydrogens is 340 g/mol. The minimum Gasteiger partial charge on any atom is -0.496 e. The zero-order valence-electron chi connectivity index (χ0n) is 17.4. The molecule has 0 fully saturated rings. The largest absolute Gasteiger partial charge is 0.496 e. The average Bonchev–Trinajstić information content (AvgIpc) is 2.86. The van der Waals surface area contributed by atoms with Crippen LogP contribution in [-0.2, 0) is 6.42 Å². The van der Waals surface area contributed by atoms with Crippen molar-refractivity contribution in [1.82, 2.24) is 0 Å². The molecule has 0 aliphatic heterocycles. The Balaban J connectivity index is 2.28. The van der Waals surface area contributed by atoms with Gasteiger partial charge in [-0.05, 0) is 25.2 Å². The van der Waals surface area contributed by atoms with E-state index in [1.807, 2.05) is 0 Å². The van der Waals surface area contributed by atoms with Crippen LogP contribution in [0.15, 0.2) is 17.7 Å². The normalized spacial score (nSPS) is 24.0. The first-order chi connectivity index (χ1) is 12.9. The first kappa shape index (κ1) is 19.8. The molecule has 1 N–H and O–H groups in total. The third-order valence-corrected chi connectivity index (χ3v) is 6.20. The molecule has 2 aliphatic carbocycles. The van der Waals surface area contributed by atoms with Crippen LogP contribution in [0, 0.1) is 11.3 Å². The molecule has 1 aromatic rings. The maximum absolute atomic E-state index is 10.1. The fourth-order valence-electron chi connectivity index (χ4n) is 4.71. The van der Waals surface area contributed by atoms with Gasteiger partial charge in [-0.25, -0.2) is 0 Å². The summed E-state index contributed by atoms with van der Waals surface area (Å²) in [5, 5.41) is 10.1. The second-order valence-corrected chi connectivity index (χ2v) is 8.20. The maximum Gasteiger partial charge on any atom is 0.168 e. The highest BCUT2D eigenvalue weighted by molar-refractivity contribution is 5.75. The highest BCUT2D eigenvalue weighted by Crippen LogP contribution is 2.52. The molecule has 0 unspecified atom stereocenters. The van der Waals surface area contributed by atoms with Crippen molar-refractivity contribution >= 4 is 6.08 Å². The Bertz CT molecular complexity index is 775. The summed E-state index contributed by atoms with van der Waals surface area (Å²) in [6.07, 6.45) is 9.49. The number of fused-ring (bicyclic) bond motifs is 2. The van der Waals surface area contributed by atoms with Gasteiger partial charge in [0.1, 0.15) is 5.75 Å². The molecule has 148 valence electrons. The van der Waals surface area contributed by atoms with E-state index in [-0.39, 0.29) is 23.9 Å². The Morgan fingerprint density at radius 3 is 2.33 bits per heavy atom. The summed E-state index contributed by atoms with van der Waals surface area (Å²) in [5.41, 5.74) is 4.40. The van der Waals surface area contributed by atoms with Crippen LogP contribution < -0.4 is 14.2 Å². The third-order valence-electron chi connectivity index (χ3n) is 6.20. The van der Waals surface area contributed by atoms with Crippen LogP contribution in [-0.4, -0.2) is 33.0 Å². The standard InChI is InChI=1S/C23H32O4/c1-14(2)19-20(25-4)16-9-10-18-15(8-7-11-23(18,3)13-24)12-17(16)21(26-5)22(19)27-6/h8-10,14,18,24H,7,11-13H2,1-6H3/t18-,23+/m0/s1. The Kier molecular flexibility index (Phi) is 5.57. The molecule has 0 bridgehead atoms. The van der Waals surface area contributed by atoms with Crippen molar-refractivity contribution in [1.29, 1.82) is 0 Å².